The first-order valence-electron chi connectivity index (χ1n) is 11.1. The van der Waals surface area contributed by atoms with Crippen LogP contribution in [0, 0.1) is 13.8 Å². The van der Waals surface area contributed by atoms with E-state index in [9.17, 15) is 4.79 Å². The van der Waals surface area contributed by atoms with Crippen molar-refractivity contribution in [2.45, 2.75) is 52.0 Å². The molecule has 0 radical (unpaired) electrons. The van der Waals surface area contributed by atoms with Crippen molar-refractivity contribution in [1.29, 1.82) is 0 Å². The third kappa shape index (κ3) is 4.82. The molecule has 0 saturated carbocycles. The van der Waals surface area contributed by atoms with E-state index in [1.54, 1.807) is 7.11 Å². The van der Waals surface area contributed by atoms with E-state index < -0.39 is 0 Å². The number of piperidine rings is 1. The van der Waals surface area contributed by atoms with Crippen LogP contribution in [0.5, 0.6) is 5.75 Å². The van der Waals surface area contributed by atoms with Gasteiger partial charge in [0.1, 0.15) is 5.75 Å². The summed E-state index contributed by atoms with van der Waals surface area (Å²) in [6.45, 7) is 4.87. The van der Waals surface area contributed by atoms with Crippen LogP contribution >= 0.6 is 0 Å². The fourth-order valence-corrected chi connectivity index (χ4v) is 4.53. The number of hydrogen-bond donors (Lipinski definition) is 0. The summed E-state index contributed by atoms with van der Waals surface area (Å²) in [6.07, 6.45) is 5.25. The number of hydrogen-bond acceptors (Lipinski definition) is 3. The molecule has 1 aromatic heterocycles. The van der Waals surface area contributed by atoms with Crippen molar-refractivity contribution in [2.24, 2.45) is 0 Å². The molecule has 31 heavy (non-hydrogen) atoms. The van der Waals surface area contributed by atoms with Crippen LogP contribution in [0.3, 0.4) is 0 Å². The predicted octanol–water partition coefficient (Wildman–Crippen LogP) is 5.13. The second kappa shape index (κ2) is 9.38. The number of aromatic nitrogens is 2. The summed E-state index contributed by atoms with van der Waals surface area (Å²) in [5.74, 6) is 1.02. The van der Waals surface area contributed by atoms with E-state index in [1.165, 1.54) is 12.0 Å². The number of nitrogens with zero attached hydrogens (tertiary/aromatic N) is 3. The smallest absolute Gasteiger partial charge is 0.254 e. The van der Waals surface area contributed by atoms with Crippen molar-refractivity contribution in [3.63, 3.8) is 0 Å². The van der Waals surface area contributed by atoms with Crippen LogP contribution in [-0.2, 0) is 6.42 Å². The number of aryl methyl sites for hydroxylation is 3. The Labute approximate surface area is 184 Å². The van der Waals surface area contributed by atoms with Gasteiger partial charge in [0.05, 0.1) is 18.5 Å². The highest BCUT2D eigenvalue weighted by Crippen LogP contribution is 2.25. The molecule has 1 aliphatic heterocycles. The number of amides is 1. The van der Waals surface area contributed by atoms with E-state index >= 15 is 0 Å². The molecule has 1 atom stereocenters. The van der Waals surface area contributed by atoms with Crippen LogP contribution in [0.15, 0.2) is 54.6 Å². The summed E-state index contributed by atoms with van der Waals surface area (Å²) in [6, 6.07) is 18.4. The minimum Gasteiger partial charge on any atom is -0.497 e. The number of carbonyl (C=O) groups excluding carboxylic acids is 1. The number of likely N-dealkylation sites (tertiary alicyclic amines) is 1. The highest BCUT2D eigenvalue weighted by atomic mass is 16.5. The van der Waals surface area contributed by atoms with Gasteiger partial charge >= 0.3 is 0 Å². The van der Waals surface area contributed by atoms with Crippen LogP contribution in [0.1, 0.15) is 53.0 Å². The summed E-state index contributed by atoms with van der Waals surface area (Å²) in [7, 11) is 1.70. The summed E-state index contributed by atoms with van der Waals surface area (Å²) < 4.78 is 7.26. The maximum absolute atomic E-state index is 13.3. The summed E-state index contributed by atoms with van der Waals surface area (Å²) in [4.78, 5) is 15.4. The minimum absolute atomic E-state index is 0.135. The molecule has 0 aliphatic carbocycles. The lowest BCUT2D eigenvalue weighted by atomic mass is 9.95. The first-order chi connectivity index (χ1) is 15.0. The molecule has 0 unspecified atom stereocenters. The molecule has 3 aromatic rings. The lowest BCUT2D eigenvalue weighted by molar-refractivity contribution is 0.0602. The molecular weight excluding hydrogens is 386 g/mol. The second-order valence-electron chi connectivity index (χ2n) is 8.42. The van der Waals surface area contributed by atoms with E-state index in [-0.39, 0.29) is 11.9 Å². The zero-order chi connectivity index (χ0) is 21.8. The van der Waals surface area contributed by atoms with Crippen molar-refractivity contribution >= 4 is 5.91 Å². The van der Waals surface area contributed by atoms with Crippen LogP contribution in [0.2, 0.25) is 0 Å². The van der Waals surface area contributed by atoms with Crippen molar-refractivity contribution in [3.8, 4) is 11.4 Å². The zero-order valence-corrected chi connectivity index (χ0v) is 18.7. The van der Waals surface area contributed by atoms with Crippen LogP contribution in [0.25, 0.3) is 5.69 Å². The molecule has 2 aromatic carbocycles. The third-order valence-corrected chi connectivity index (χ3v) is 6.16. The number of methoxy groups -OCH3 is 1. The SMILES string of the molecule is COc1cccc(CC[C@H]2CCCCN2C(=O)c2ccc(-n3nc(C)cc3C)cc2)c1. The van der Waals surface area contributed by atoms with Gasteiger partial charge in [-0.05, 0) is 94.0 Å². The Morgan fingerprint density at radius 2 is 1.90 bits per heavy atom. The molecule has 5 nitrogen and oxygen atoms in total. The first-order valence-corrected chi connectivity index (χ1v) is 11.1. The molecular formula is C26H31N3O2. The van der Waals surface area contributed by atoms with E-state index in [0.717, 1.165) is 60.6 Å². The number of ether oxygens (including phenoxy) is 1. The Morgan fingerprint density at radius 1 is 1.10 bits per heavy atom. The van der Waals surface area contributed by atoms with E-state index in [1.807, 2.05) is 54.9 Å². The molecule has 0 spiro atoms. The Morgan fingerprint density at radius 3 is 2.61 bits per heavy atom. The van der Waals surface area contributed by atoms with Gasteiger partial charge in [-0.15, -0.1) is 0 Å². The first kappa shape index (κ1) is 21.2. The minimum atomic E-state index is 0.135. The van der Waals surface area contributed by atoms with Gasteiger partial charge in [-0.25, -0.2) is 4.68 Å². The molecule has 0 bridgehead atoms. The third-order valence-electron chi connectivity index (χ3n) is 6.16. The van der Waals surface area contributed by atoms with Gasteiger partial charge in [-0.1, -0.05) is 12.1 Å². The highest BCUT2D eigenvalue weighted by molar-refractivity contribution is 5.94. The second-order valence-corrected chi connectivity index (χ2v) is 8.42. The Balaban J connectivity index is 1.46. The van der Waals surface area contributed by atoms with Gasteiger partial charge in [0.25, 0.3) is 5.91 Å². The maximum Gasteiger partial charge on any atom is 0.254 e. The Bertz CT molecular complexity index is 1040. The molecule has 162 valence electrons. The highest BCUT2D eigenvalue weighted by Gasteiger charge is 2.27. The lowest BCUT2D eigenvalue weighted by Crippen LogP contribution is -2.44. The van der Waals surface area contributed by atoms with E-state index in [4.69, 9.17) is 4.74 Å². The Kier molecular flexibility index (Phi) is 6.40. The maximum atomic E-state index is 13.3. The summed E-state index contributed by atoms with van der Waals surface area (Å²) in [5.41, 5.74) is 5.07. The predicted molar refractivity (Wildman–Crippen MR) is 123 cm³/mol. The quantitative estimate of drug-likeness (QED) is 0.559. The summed E-state index contributed by atoms with van der Waals surface area (Å²) in [5, 5.41) is 4.53. The molecule has 5 heteroatoms. The molecule has 4 rings (SSSR count). The van der Waals surface area contributed by atoms with Crippen molar-refractivity contribution in [1.82, 2.24) is 14.7 Å². The number of carbonyl (C=O) groups is 1. The van der Waals surface area contributed by atoms with Crippen LogP contribution in [-0.4, -0.2) is 40.3 Å². The molecule has 1 amide bonds. The molecule has 1 saturated heterocycles. The lowest BCUT2D eigenvalue weighted by Gasteiger charge is -2.36. The average molecular weight is 418 g/mol. The van der Waals surface area contributed by atoms with Crippen molar-refractivity contribution < 1.29 is 9.53 Å². The van der Waals surface area contributed by atoms with Crippen molar-refractivity contribution in [2.75, 3.05) is 13.7 Å². The average Bonchev–Trinajstić information content (AvgIpc) is 3.15. The van der Waals surface area contributed by atoms with Gasteiger partial charge in [-0.3, -0.25) is 4.79 Å². The Hall–Kier alpha value is -3.08. The molecule has 2 heterocycles. The molecule has 1 fully saturated rings. The van der Waals surface area contributed by atoms with Gasteiger partial charge in [0.15, 0.2) is 0 Å². The fraction of sp³-hybridized carbons (Fsp3) is 0.385. The zero-order valence-electron chi connectivity index (χ0n) is 18.7. The van der Waals surface area contributed by atoms with E-state index in [2.05, 4.69) is 28.2 Å². The standard InChI is InChI=1S/C26H31N3O2/c1-19-17-20(2)29(27-19)24-14-11-22(12-15-24)26(30)28-16-5-4-8-23(28)13-10-21-7-6-9-25(18-21)31-3/h6-7,9,11-12,14-15,17-18,23H,4-5,8,10,13,16H2,1-3H3/t23-/m1/s1. The summed E-state index contributed by atoms with van der Waals surface area (Å²) >= 11 is 0. The topological polar surface area (TPSA) is 47.4 Å². The van der Waals surface area contributed by atoms with Gasteiger partial charge in [-0.2, -0.15) is 5.10 Å². The van der Waals surface area contributed by atoms with Crippen molar-refractivity contribution in [3.05, 3.63) is 77.1 Å². The molecule has 0 N–H and O–H groups in total. The number of benzene rings is 2. The molecule has 1 aliphatic rings. The van der Waals surface area contributed by atoms with Gasteiger partial charge in [0.2, 0.25) is 0 Å². The number of rotatable bonds is 6. The fourth-order valence-electron chi connectivity index (χ4n) is 4.53. The van der Waals surface area contributed by atoms with Gasteiger partial charge < -0.3 is 9.64 Å². The van der Waals surface area contributed by atoms with E-state index in [0.29, 0.717) is 0 Å². The van der Waals surface area contributed by atoms with Crippen LogP contribution in [0.4, 0.5) is 0 Å². The van der Waals surface area contributed by atoms with Gasteiger partial charge in [0, 0.05) is 23.8 Å². The monoisotopic (exact) mass is 417 g/mol. The van der Waals surface area contributed by atoms with Crippen LogP contribution < -0.4 is 4.74 Å². The largest absolute Gasteiger partial charge is 0.497 e. The normalized spacial score (nSPS) is 16.4.